The second kappa shape index (κ2) is 9.11. The van der Waals surface area contributed by atoms with Gasteiger partial charge in [0.1, 0.15) is 6.61 Å². The Morgan fingerprint density at radius 3 is 1.83 bits per heavy atom. The molecule has 0 amide bonds. The summed E-state index contributed by atoms with van der Waals surface area (Å²) in [5.41, 5.74) is 2.40. The van der Waals surface area contributed by atoms with Gasteiger partial charge in [-0.1, -0.05) is 27.7 Å². The standard InChI is InChI=1S/C24H36N2O4/c1-13(2)19-11-18(26(16(7)8)23(28)21(19)27)12-30-22-20(14(3)4)10-17(9)25(15(5)6)24(22)29/h10-11,13-16,27H,12H2,1-9H3. The first kappa shape index (κ1) is 23.8. The third kappa shape index (κ3) is 4.47. The Hall–Kier alpha value is -2.50. The molecule has 0 aliphatic rings. The van der Waals surface area contributed by atoms with Crippen molar-refractivity contribution in [3.8, 4) is 11.5 Å². The molecule has 2 aromatic heterocycles. The maximum atomic E-state index is 13.2. The number of hydrogen-bond acceptors (Lipinski definition) is 4. The lowest BCUT2D eigenvalue weighted by atomic mass is 10.0. The molecule has 0 atom stereocenters. The zero-order chi connectivity index (χ0) is 22.9. The number of aryl methyl sites for hydroxylation is 1. The van der Waals surface area contributed by atoms with Crippen molar-refractivity contribution in [2.24, 2.45) is 0 Å². The van der Waals surface area contributed by atoms with Gasteiger partial charge in [0.25, 0.3) is 11.1 Å². The second-order valence-corrected chi connectivity index (χ2v) is 9.15. The monoisotopic (exact) mass is 416 g/mol. The summed E-state index contributed by atoms with van der Waals surface area (Å²) < 4.78 is 9.37. The first-order valence-electron chi connectivity index (χ1n) is 10.7. The number of nitrogens with zero attached hydrogens (tertiary/aromatic N) is 2. The van der Waals surface area contributed by atoms with Crippen LogP contribution in [0.1, 0.15) is 102 Å². The fourth-order valence-corrected chi connectivity index (χ4v) is 3.92. The van der Waals surface area contributed by atoms with Gasteiger partial charge in [-0.2, -0.15) is 0 Å². The van der Waals surface area contributed by atoms with E-state index >= 15 is 0 Å². The van der Waals surface area contributed by atoms with Crippen molar-refractivity contribution < 1.29 is 9.84 Å². The van der Waals surface area contributed by atoms with Gasteiger partial charge in [0.15, 0.2) is 11.5 Å². The van der Waals surface area contributed by atoms with E-state index in [0.717, 1.165) is 11.3 Å². The molecule has 6 nitrogen and oxygen atoms in total. The quantitative estimate of drug-likeness (QED) is 0.688. The van der Waals surface area contributed by atoms with E-state index < -0.39 is 5.56 Å². The Balaban J connectivity index is 2.63. The van der Waals surface area contributed by atoms with Crippen LogP contribution in [0.25, 0.3) is 0 Å². The third-order valence-electron chi connectivity index (χ3n) is 5.39. The lowest BCUT2D eigenvalue weighted by Crippen LogP contribution is -2.29. The fraction of sp³-hybridized carbons (Fsp3) is 0.583. The van der Waals surface area contributed by atoms with Crippen molar-refractivity contribution in [2.75, 3.05) is 0 Å². The molecule has 0 fully saturated rings. The maximum absolute atomic E-state index is 13.2. The van der Waals surface area contributed by atoms with E-state index in [2.05, 4.69) is 0 Å². The highest BCUT2D eigenvalue weighted by atomic mass is 16.5. The van der Waals surface area contributed by atoms with Gasteiger partial charge in [0.05, 0.1) is 5.69 Å². The summed E-state index contributed by atoms with van der Waals surface area (Å²) in [6.07, 6.45) is 0. The SMILES string of the molecule is Cc1cc(C(C)C)c(OCc2cc(C(C)C)c(O)c(=O)n2C(C)C)c(=O)n1C(C)C. The zero-order valence-corrected chi connectivity index (χ0v) is 19.7. The van der Waals surface area contributed by atoms with Crippen molar-refractivity contribution in [1.29, 1.82) is 0 Å². The van der Waals surface area contributed by atoms with Crippen LogP contribution in [0.3, 0.4) is 0 Å². The van der Waals surface area contributed by atoms with Crippen LogP contribution in [0.4, 0.5) is 0 Å². The molecule has 166 valence electrons. The van der Waals surface area contributed by atoms with Crippen molar-refractivity contribution in [3.63, 3.8) is 0 Å². The van der Waals surface area contributed by atoms with Gasteiger partial charge in [-0.25, -0.2) is 0 Å². The highest BCUT2D eigenvalue weighted by Crippen LogP contribution is 2.28. The van der Waals surface area contributed by atoms with E-state index in [1.165, 1.54) is 4.57 Å². The average molecular weight is 417 g/mol. The summed E-state index contributed by atoms with van der Waals surface area (Å²) in [6.45, 7) is 17.6. The molecule has 0 radical (unpaired) electrons. The Morgan fingerprint density at radius 1 is 0.833 bits per heavy atom. The normalized spacial score (nSPS) is 11.9. The minimum Gasteiger partial charge on any atom is -0.503 e. The second-order valence-electron chi connectivity index (χ2n) is 9.15. The molecule has 0 spiro atoms. The molecule has 0 saturated carbocycles. The van der Waals surface area contributed by atoms with Crippen LogP contribution in [0.5, 0.6) is 11.5 Å². The third-order valence-corrected chi connectivity index (χ3v) is 5.39. The number of ether oxygens (including phenoxy) is 1. The van der Waals surface area contributed by atoms with Gasteiger partial charge in [-0.3, -0.25) is 9.59 Å². The number of aromatic hydroxyl groups is 1. The molecule has 0 unspecified atom stereocenters. The van der Waals surface area contributed by atoms with Gasteiger partial charge in [-0.15, -0.1) is 0 Å². The van der Waals surface area contributed by atoms with Gasteiger partial charge >= 0.3 is 0 Å². The van der Waals surface area contributed by atoms with E-state index in [9.17, 15) is 14.7 Å². The molecule has 0 saturated heterocycles. The van der Waals surface area contributed by atoms with E-state index in [-0.39, 0.29) is 41.8 Å². The molecule has 0 aliphatic carbocycles. The predicted molar refractivity (Wildman–Crippen MR) is 121 cm³/mol. The molecule has 0 aromatic carbocycles. The van der Waals surface area contributed by atoms with Crippen LogP contribution in [0.2, 0.25) is 0 Å². The number of hydrogen-bond donors (Lipinski definition) is 1. The maximum Gasteiger partial charge on any atom is 0.293 e. The van der Waals surface area contributed by atoms with Gasteiger partial charge in [0.2, 0.25) is 0 Å². The number of rotatable bonds is 7. The topological polar surface area (TPSA) is 73.5 Å². The van der Waals surface area contributed by atoms with Crippen molar-refractivity contribution in [3.05, 3.63) is 55.4 Å². The lowest BCUT2D eigenvalue weighted by Gasteiger charge is -2.23. The molecule has 2 heterocycles. The van der Waals surface area contributed by atoms with Crippen LogP contribution in [-0.2, 0) is 6.61 Å². The Kier molecular flexibility index (Phi) is 7.22. The van der Waals surface area contributed by atoms with Crippen molar-refractivity contribution >= 4 is 0 Å². The largest absolute Gasteiger partial charge is 0.503 e. The Morgan fingerprint density at radius 2 is 1.37 bits per heavy atom. The first-order valence-corrected chi connectivity index (χ1v) is 10.7. The van der Waals surface area contributed by atoms with Crippen molar-refractivity contribution in [1.82, 2.24) is 9.13 Å². The van der Waals surface area contributed by atoms with Gasteiger partial charge < -0.3 is 19.0 Å². The molecule has 1 N–H and O–H groups in total. The molecule has 2 rings (SSSR count). The van der Waals surface area contributed by atoms with Gasteiger partial charge in [-0.05, 0) is 58.6 Å². The van der Waals surface area contributed by atoms with Crippen LogP contribution in [0, 0.1) is 6.92 Å². The molecule has 6 heteroatoms. The summed E-state index contributed by atoms with van der Waals surface area (Å²) in [5.74, 6) is 0.211. The summed E-state index contributed by atoms with van der Waals surface area (Å²) in [4.78, 5) is 26.0. The number of pyridine rings is 2. The molecular weight excluding hydrogens is 380 g/mol. The average Bonchev–Trinajstić information content (AvgIpc) is 2.61. The predicted octanol–water partition coefficient (Wildman–Crippen LogP) is 5.01. The minimum absolute atomic E-state index is 0.0103. The van der Waals surface area contributed by atoms with E-state index in [1.54, 1.807) is 4.57 Å². The van der Waals surface area contributed by atoms with Crippen LogP contribution < -0.4 is 15.9 Å². The van der Waals surface area contributed by atoms with Gasteiger partial charge in [0, 0.05) is 28.9 Å². The fourth-order valence-electron chi connectivity index (χ4n) is 3.92. The van der Waals surface area contributed by atoms with Crippen molar-refractivity contribution in [2.45, 2.75) is 92.8 Å². The zero-order valence-electron chi connectivity index (χ0n) is 19.7. The Bertz CT molecular complexity index is 1030. The molecule has 2 aromatic rings. The molecule has 0 bridgehead atoms. The highest BCUT2D eigenvalue weighted by Gasteiger charge is 2.21. The van der Waals surface area contributed by atoms with E-state index in [1.807, 2.05) is 74.4 Å². The smallest absolute Gasteiger partial charge is 0.293 e. The van der Waals surface area contributed by atoms with Crippen LogP contribution >= 0.6 is 0 Å². The minimum atomic E-state index is -0.428. The molecule has 30 heavy (non-hydrogen) atoms. The summed E-state index contributed by atoms with van der Waals surface area (Å²) in [5, 5.41) is 10.4. The summed E-state index contributed by atoms with van der Waals surface area (Å²) >= 11 is 0. The number of aromatic nitrogens is 2. The highest BCUT2D eigenvalue weighted by molar-refractivity contribution is 5.38. The molecular formula is C24H36N2O4. The first-order chi connectivity index (χ1) is 13.9. The Labute approximate surface area is 179 Å². The van der Waals surface area contributed by atoms with E-state index in [4.69, 9.17) is 4.74 Å². The summed E-state index contributed by atoms with van der Waals surface area (Å²) in [6, 6.07) is 3.67. The molecule has 0 aliphatic heterocycles. The van der Waals surface area contributed by atoms with Crippen LogP contribution in [0.15, 0.2) is 21.7 Å². The summed E-state index contributed by atoms with van der Waals surface area (Å²) in [7, 11) is 0. The lowest BCUT2D eigenvalue weighted by molar-refractivity contribution is 0.276. The van der Waals surface area contributed by atoms with E-state index in [0.29, 0.717) is 17.0 Å². The van der Waals surface area contributed by atoms with Crippen LogP contribution in [-0.4, -0.2) is 14.2 Å².